The second-order valence-electron chi connectivity index (χ2n) is 9.07. The number of para-hydroxylation sites is 1. The van der Waals surface area contributed by atoms with Gasteiger partial charge in [0, 0.05) is 23.7 Å². The van der Waals surface area contributed by atoms with Crippen LogP contribution >= 0.6 is 0 Å². The Labute approximate surface area is 210 Å². The van der Waals surface area contributed by atoms with Gasteiger partial charge in [-0.2, -0.15) is 13.2 Å². The summed E-state index contributed by atoms with van der Waals surface area (Å²) in [5.41, 5.74) is 0.322. The molecular weight excluding hydrogens is 483 g/mol. The normalized spacial score (nSPS) is 14.2. The van der Waals surface area contributed by atoms with Crippen LogP contribution in [0.5, 0.6) is 0 Å². The molecular formula is C28H24F3N3O3. The molecule has 3 heterocycles. The molecule has 1 saturated heterocycles. The van der Waals surface area contributed by atoms with E-state index in [1.807, 2.05) is 12.1 Å². The minimum absolute atomic E-state index is 0.00672. The van der Waals surface area contributed by atoms with Gasteiger partial charge < -0.3 is 9.73 Å². The lowest BCUT2D eigenvalue weighted by atomic mass is 10.0. The Morgan fingerprint density at radius 2 is 1.76 bits per heavy atom. The molecule has 2 aromatic carbocycles. The summed E-state index contributed by atoms with van der Waals surface area (Å²) in [6, 6.07) is 16.1. The first-order valence-corrected chi connectivity index (χ1v) is 12.0. The van der Waals surface area contributed by atoms with Crippen molar-refractivity contribution < 1.29 is 22.4 Å². The van der Waals surface area contributed by atoms with E-state index in [4.69, 9.17) is 4.42 Å². The summed E-state index contributed by atoms with van der Waals surface area (Å²) in [4.78, 5) is 32.5. The molecule has 0 saturated carbocycles. The van der Waals surface area contributed by atoms with Crippen molar-refractivity contribution in [1.29, 1.82) is 0 Å². The topological polar surface area (TPSA) is 75.4 Å². The Hall–Kier alpha value is -3.98. The zero-order valence-electron chi connectivity index (χ0n) is 19.8. The number of carbonyl (C=O) groups is 1. The van der Waals surface area contributed by atoms with Crippen molar-refractivity contribution in [3.05, 3.63) is 93.8 Å². The van der Waals surface area contributed by atoms with Gasteiger partial charge in [-0.3, -0.25) is 14.5 Å². The second-order valence-corrected chi connectivity index (χ2v) is 9.07. The zero-order valence-corrected chi connectivity index (χ0v) is 19.8. The number of halogens is 3. The Balaban J connectivity index is 1.39. The molecule has 1 aliphatic heterocycles. The van der Waals surface area contributed by atoms with E-state index in [0.29, 0.717) is 11.4 Å². The van der Waals surface area contributed by atoms with Crippen LogP contribution in [-0.2, 0) is 23.9 Å². The third kappa shape index (κ3) is 5.72. The number of alkyl halides is 3. The lowest BCUT2D eigenvalue weighted by Crippen LogP contribution is -2.20. The van der Waals surface area contributed by atoms with Crippen LogP contribution in [0.1, 0.15) is 29.7 Å². The smallest absolute Gasteiger partial charge is 0.416 e. The quantitative estimate of drug-likeness (QED) is 0.365. The minimum Gasteiger partial charge on any atom is -0.456 e. The molecule has 0 unspecified atom stereocenters. The molecule has 37 heavy (non-hydrogen) atoms. The number of aromatic nitrogens is 1. The second kappa shape index (κ2) is 10.2. The van der Waals surface area contributed by atoms with Crippen LogP contribution < -0.4 is 10.7 Å². The van der Waals surface area contributed by atoms with Gasteiger partial charge >= 0.3 is 6.18 Å². The van der Waals surface area contributed by atoms with Crippen molar-refractivity contribution in [1.82, 2.24) is 9.88 Å². The van der Waals surface area contributed by atoms with E-state index in [2.05, 4.69) is 15.2 Å². The highest BCUT2D eigenvalue weighted by atomic mass is 19.4. The van der Waals surface area contributed by atoms with Gasteiger partial charge in [0.1, 0.15) is 17.2 Å². The fourth-order valence-corrected chi connectivity index (χ4v) is 4.53. The van der Waals surface area contributed by atoms with Crippen molar-refractivity contribution >= 4 is 22.7 Å². The van der Waals surface area contributed by atoms with E-state index >= 15 is 0 Å². The van der Waals surface area contributed by atoms with Gasteiger partial charge in [-0.25, -0.2) is 4.98 Å². The highest BCUT2D eigenvalue weighted by Crippen LogP contribution is 2.33. The fraction of sp³-hybridized carbons (Fsp3) is 0.250. The van der Waals surface area contributed by atoms with Crippen LogP contribution in [-0.4, -0.2) is 28.9 Å². The molecule has 0 radical (unpaired) electrons. The van der Waals surface area contributed by atoms with Crippen molar-refractivity contribution in [2.75, 3.05) is 18.4 Å². The average molecular weight is 508 g/mol. The maximum atomic E-state index is 13.2. The number of hydrogen-bond donors (Lipinski definition) is 1. The van der Waals surface area contributed by atoms with Crippen LogP contribution in [0.3, 0.4) is 0 Å². The molecule has 5 rings (SSSR count). The van der Waals surface area contributed by atoms with E-state index < -0.39 is 17.2 Å². The van der Waals surface area contributed by atoms with Crippen LogP contribution in [0.25, 0.3) is 22.3 Å². The SMILES string of the molecule is O=C(Cc1cccc2c(=O)cc(-c3cccc(C(F)(F)F)c3)oc12)Nc1cccc(CN2CCCC2)n1. The van der Waals surface area contributed by atoms with Crippen LogP contribution in [0.15, 0.2) is 75.9 Å². The number of likely N-dealkylation sites (tertiary alicyclic amines) is 1. The van der Waals surface area contributed by atoms with E-state index in [1.54, 1.807) is 24.3 Å². The summed E-state index contributed by atoms with van der Waals surface area (Å²) in [5, 5.41) is 3.03. The number of nitrogens with zero attached hydrogens (tertiary/aromatic N) is 2. The Bertz CT molecular complexity index is 1510. The van der Waals surface area contributed by atoms with Crippen molar-refractivity contribution in [3.8, 4) is 11.3 Å². The van der Waals surface area contributed by atoms with Gasteiger partial charge in [0.2, 0.25) is 5.91 Å². The Morgan fingerprint density at radius 3 is 2.54 bits per heavy atom. The summed E-state index contributed by atoms with van der Waals surface area (Å²) in [6.45, 7) is 2.79. The average Bonchev–Trinajstić information content (AvgIpc) is 3.37. The molecule has 9 heteroatoms. The number of fused-ring (bicyclic) bond motifs is 1. The zero-order chi connectivity index (χ0) is 26.0. The largest absolute Gasteiger partial charge is 0.456 e. The van der Waals surface area contributed by atoms with Gasteiger partial charge in [0.05, 0.1) is 23.1 Å². The molecule has 4 aromatic rings. The van der Waals surface area contributed by atoms with Crippen molar-refractivity contribution in [2.24, 2.45) is 0 Å². The molecule has 190 valence electrons. The number of hydrogen-bond acceptors (Lipinski definition) is 5. The predicted octanol–water partition coefficient (Wildman–Crippen LogP) is 5.65. The summed E-state index contributed by atoms with van der Waals surface area (Å²) >= 11 is 0. The summed E-state index contributed by atoms with van der Waals surface area (Å²) in [6.07, 6.45) is -2.29. The lowest BCUT2D eigenvalue weighted by molar-refractivity contribution is -0.137. The van der Waals surface area contributed by atoms with Crippen molar-refractivity contribution in [3.63, 3.8) is 0 Å². The van der Waals surface area contributed by atoms with Gasteiger partial charge in [0.25, 0.3) is 0 Å². The first kappa shape index (κ1) is 24.7. The monoisotopic (exact) mass is 507 g/mol. The fourth-order valence-electron chi connectivity index (χ4n) is 4.53. The van der Waals surface area contributed by atoms with Gasteiger partial charge in [-0.1, -0.05) is 30.3 Å². The molecule has 6 nitrogen and oxygen atoms in total. The molecule has 0 spiro atoms. The molecule has 1 aliphatic rings. The minimum atomic E-state index is -4.53. The molecule has 2 aromatic heterocycles. The maximum absolute atomic E-state index is 13.2. The van der Waals surface area contributed by atoms with Crippen LogP contribution in [0.2, 0.25) is 0 Å². The van der Waals surface area contributed by atoms with E-state index in [9.17, 15) is 22.8 Å². The van der Waals surface area contributed by atoms with Gasteiger partial charge in [0.15, 0.2) is 5.43 Å². The Kier molecular flexibility index (Phi) is 6.80. The molecule has 0 bridgehead atoms. The number of amides is 1. The van der Waals surface area contributed by atoms with Gasteiger partial charge in [-0.15, -0.1) is 0 Å². The van der Waals surface area contributed by atoms with E-state index in [0.717, 1.165) is 43.5 Å². The number of anilines is 1. The third-order valence-corrected chi connectivity index (χ3v) is 6.32. The van der Waals surface area contributed by atoms with Gasteiger partial charge in [-0.05, 0) is 56.3 Å². The number of pyridine rings is 1. The third-order valence-electron chi connectivity index (χ3n) is 6.32. The summed E-state index contributed by atoms with van der Waals surface area (Å²) in [5.74, 6) is 0.0613. The number of nitrogens with one attached hydrogen (secondary N) is 1. The highest BCUT2D eigenvalue weighted by Gasteiger charge is 2.30. The first-order valence-electron chi connectivity index (χ1n) is 12.0. The van der Waals surface area contributed by atoms with E-state index in [1.165, 1.54) is 25.0 Å². The molecule has 1 fully saturated rings. The van der Waals surface area contributed by atoms with Crippen molar-refractivity contribution in [2.45, 2.75) is 32.0 Å². The Morgan fingerprint density at radius 1 is 1.00 bits per heavy atom. The molecule has 1 amide bonds. The number of carbonyl (C=O) groups excluding carboxylic acids is 1. The maximum Gasteiger partial charge on any atom is 0.416 e. The molecule has 1 N–H and O–H groups in total. The van der Waals surface area contributed by atoms with Crippen LogP contribution in [0.4, 0.5) is 19.0 Å². The summed E-state index contributed by atoms with van der Waals surface area (Å²) in [7, 11) is 0. The standard InChI is InChI=1S/C28H24F3N3O3/c29-28(30,31)20-8-3-6-18(14-20)24-16-23(35)22-10-4-7-19(27(22)37-24)15-26(36)33-25-11-5-9-21(32-25)17-34-12-1-2-13-34/h3-11,14,16H,1-2,12-13,15,17H2,(H,32,33,36). The number of rotatable bonds is 6. The first-order chi connectivity index (χ1) is 17.8. The highest BCUT2D eigenvalue weighted by molar-refractivity contribution is 5.94. The van der Waals surface area contributed by atoms with Crippen LogP contribution in [0, 0.1) is 0 Å². The molecule has 0 atom stereocenters. The summed E-state index contributed by atoms with van der Waals surface area (Å²) < 4.78 is 45.5. The number of benzene rings is 2. The molecule has 0 aliphatic carbocycles. The van der Waals surface area contributed by atoms with E-state index in [-0.39, 0.29) is 34.6 Å². The lowest BCUT2D eigenvalue weighted by Gasteiger charge is -2.14. The predicted molar refractivity (Wildman–Crippen MR) is 134 cm³/mol.